The Hall–Kier alpha value is -2.12. The number of hydrogen-bond acceptors (Lipinski definition) is 5. The Morgan fingerprint density at radius 2 is 2.17 bits per heavy atom. The van der Waals surface area contributed by atoms with Crippen LogP contribution in [0.2, 0.25) is 0 Å². The van der Waals surface area contributed by atoms with Crippen molar-refractivity contribution in [2.75, 3.05) is 19.8 Å². The Bertz CT molecular complexity index is 612. The SMILES string of the molecule is C[C@H]1COc2cc(C(=O)NO)ccc2CN1C(=O)[C@H]1CCOC1. The Kier molecular flexibility index (Phi) is 4.49. The molecule has 2 atom stereocenters. The van der Waals surface area contributed by atoms with Crippen LogP contribution in [0.4, 0.5) is 0 Å². The van der Waals surface area contributed by atoms with Gasteiger partial charge in [-0.25, -0.2) is 5.48 Å². The lowest BCUT2D eigenvalue weighted by molar-refractivity contribution is -0.138. The van der Waals surface area contributed by atoms with Gasteiger partial charge in [-0.3, -0.25) is 14.8 Å². The van der Waals surface area contributed by atoms with Crippen LogP contribution in [0.25, 0.3) is 0 Å². The predicted octanol–water partition coefficient (Wildman–Crippen LogP) is 0.952. The van der Waals surface area contributed by atoms with Crippen LogP contribution in [0.3, 0.4) is 0 Å². The van der Waals surface area contributed by atoms with Crippen molar-refractivity contribution in [1.29, 1.82) is 0 Å². The van der Waals surface area contributed by atoms with E-state index >= 15 is 0 Å². The van der Waals surface area contributed by atoms with Crippen molar-refractivity contribution in [2.24, 2.45) is 5.92 Å². The van der Waals surface area contributed by atoms with Gasteiger partial charge in [-0.1, -0.05) is 6.07 Å². The van der Waals surface area contributed by atoms with Crippen molar-refractivity contribution >= 4 is 11.8 Å². The number of carbonyl (C=O) groups is 2. The molecule has 2 amide bonds. The van der Waals surface area contributed by atoms with Gasteiger partial charge in [0.25, 0.3) is 5.91 Å². The maximum Gasteiger partial charge on any atom is 0.274 e. The van der Waals surface area contributed by atoms with Gasteiger partial charge in [0.15, 0.2) is 0 Å². The second-order valence-electron chi connectivity index (χ2n) is 5.95. The van der Waals surface area contributed by atoms with E-state index in [4.69, 9.17) is 14.7 Å². The number of benzene rings is 1. The van der Waals surface area contributed by atoms with Gasteiger partial charge in [-0.05, 0) is 25.5 Å². The van der Waals surface area contributed by atoms with Crippen molar-refractivity contribution in [2.45, 2.75) is 25.9 Å². The van der Waals surface area contributed by atoms with Crippen molar-refractivity contribution in [3.8, 4) is 5.75 Å². The molecule has 0 unspecified atom stereocenters. The highest BCUT2D eigenvalue weighted by atomic mass is 16.5. The fraction of sp³-hybridized carbons (Fsp3) is 0.500. The molecule has 0 saturated carbocycles. The molecule has 0 bridgehead atoms. The number of ether oxygens (including phenoxy) is 2. The molecule has 2 N–H and O–H groups in total. The Morgan fingerprint density at radius 1 is 1.35 bits per heavy atom. The van der Waals surface area contributed by atoms with Crippen LogP contribution >= 0.6 is 0 Å². The normalized spacial score (nSPS) is 23.7. The molecule has 1 fully saturated rings. The quantitative estimate of drug-likeness (QED) is 0.626. The average molecular weight is 320 g/mol. The van der Waals surface area contributed by atoms with Crippen LogP contribution < -0.4 is 10.2 Å². The zero-order valence-corrected chi connectivity index (χ0v) is 12.9. The molecule has 0 radical (unpaired) electrons. The summed E-state index contributed by atoms with van der Waals surface area (Å²) in [6.45, 7) is 3.85. The Labute approximate surface area is 134 Å². The van der Waals surface area contributed by atoms with Gasteiger partial charge in [0.1, 0.15) is 12.4 Å². The van der Waals surface area contributed by atoms with Gasteiger partial charge < -0.3 is 14.4 Å². The molecule has 1 aromatic carbocycles. The molecule has 2 aliphatic heterocycles. The van der Waals surface area contributed by atoms with Crippen LogP contribution in [-0.2, 0) is 16.1 Å². The van der Waals surface area contributed by atoms with Crippen LogP contribution in [0.15, 0.2) is 18.2 Å². The second-order valence-corrected chi connectivity index (χ2v) is 5.95. The molecule has 23 heavy (non-hydrogen) atoms. The smallest absolute Gasteiger partial charge is 0.274 e. The van der Waals surface area contributed by atoms with Crippen molar-refractivity contribution in [3.05, 3.63) is 29.3 Å². The molecule has 124 valence electrons. The molecular weight excluding hydrogens is 300 g/mol. The summed E-state index contributed by atoms with van der Waals surface area (Å²) in [4.78, 5) is 26.0. The molecule has 3 rings (SSSR count). The first-order valence-corrected chi connectivity index (χ1v) is 7.68. The average Bonchev–Trinajstić information content (AvgIpc) is 3.05. The zero-order chi connectivity index (χ0) is 16.4. The molecule has 2 heterocycles. The van der Waals surface area contributed by atoms with Gasteiger partial charge in [-0.15, -0.1) is 0 Å². The van der Waals surface area contributed by atoms with E-state index in [1.54, 1.807) is 23.7 Å². The molecule has 1 aromatic rings. The number of amides is 2. The summed E-state index contributed by atoms with van der Waals surface area (Å²) in [5.74, 6) is -0.0253. The van der Waals surface area contributed by atoms with E-state index < -0.39 is 5.91 Å². The highest BCUT2D eigenvalue weighted by Crippen LogP contribution is 2.28. The highest BCUT2D eigenvalue weighted by molar-refractivity contribution is 5.93. The molecule has 0 aliphatic carbocycles. The number of hydroxylamine groups is 1. The predicted molar refractivity (Wildman–Crippen MR) is 80.1 cm³/mol. The first-order chi connectivity index (χ1) is 11.1. The van der Waals surface area contributed by atoms with E-state index in [9.17, 15) is 9.59 Å². The summed E-state index contributed by atoms with van der Waals surface area (Å²) in [5, 5.41) is 8.72. The second kappa shape index (κ2) is 6.55. The third-order valence-electron chi connectivity index (χ3n) is 4.35. The molecule has 1 saturated heterocycles. The van der Waals surface area contributed by atoms with Crippen LogP contribution in [0.5, 0.6) is 5.75 Å². The number of hydrogen-bond donors (Lipinski definition) is 2. The summed E-state index contributed by atoms with van der Waals surface area (Å²) in [7, 11) is 0. The van der Waals surface area contributed by atoms with Crippen molar-refractivity contribution in [1.82, 2.24) is 10.4 Å². The fourth-order valence-corrected chi connectivity index (χ4v) is 2.92. The largest absolute Gasteiger partial charge is 0.491 e. The third kappa shape index (κ3) is 3.16. The van der Waals surface area contributed by atoms with Crippen LogP contribution in [-0.4, -0.2) is 47.8 Å². The minimum Gasteiger partial charge on any atom is -0.491 e. The van der Waals surface area contributed by atoms with Gasteiger partial charge in [0, 0.05) is 24.3 Å². The number of nitrogens with one attached hydrogen (secondary N) is 1. The topological polar surface area (TPSA) is 88.1 Å². The van der Waals surface area contributed by atoms with Crippen LogP contribution in [0.1, 0.15) is 29.3 Å². The summed E-state index contributed by atoms with van der Waals surface area (Å²) in [5.41, 5.74) is 2.76. The zero-order valence-electron chi connectivity index (χ0n) is 12.9. The summed E-state index contributed by atoms with van der Waals surface area (Å²) in [6, 6.07) is 4.87. The van der Waals surface area contributed by atoms with E-state index in [1.165, 1.54) is 0 Å². The molecule has 7 heteroatoms. The monoisotopic (exact) mass is 320 g/mol. The van der Waals surface area contributed by atoms with E-state index in [0.717, 1.165) is 12.0 Å². The molecule has 0 spiro atoms. The number of rotatable bonds is 2. The van der Waals surface area contributed by atoms with Gasteiger partial charge >= 0.3 is 0 Å². The van der Waals surface area contributed by atoms with Gasteiger partial charge in [0.2, 0.25) is 5.91 Å². The molecule has 7 nitrogen and oxygen atoms in total. The lowest BCUT2D eigenvalue weighted by Gasteiger charge is -2.28. The van der Waals surface area contributed by atoms with Crippen molar-refractivity contribution in [3.63, 3.8) is 0 Å². The molecular formula is C16H20N2O5. The molecule has 2 aliphatic rings. The molecule has 0 aromatic heterocycles. The summed E-state index contributed by atoms with van der Waals surface area (Å²) >= 11 is 0. The highest BCUT2D eigenvalue weighted by Gasteiger charge is 2.32. The summed E-state index contributed by atoms with van der Waals surface area (Å²) < 4.78 is 11.1. The minimum atomic E-state index is -0.593. The maximum atomic E-state index is 12.7. The first kappa shape index (κ1) is 15.8. The standard InChI is InChI=1S/C16H20N2O5/c1-10-8-23-14-6-11(15(19)17-21)2-3-12(14)7-18(10)16(20)13-4-5-22-9-13/h2-3,6,10,13,21H,4-5,7-9H2,1H3,(H,17,19)/t10-,13-/m0/s1. The lowest BCUT2D eigenvalue weighted by atomic mass is 10.0. The van der Waals surface area contributed by atoms with E-state index in [-0.39, 0.29) is 17.9 Å². The maximum absolute atomic E-state index is 12.7. The third-order valence-corrected chi connectivity index (χ3v) is 4.35. The summed E-state index contributed by atoms with van der Waals surface area (Å²) in [6.07, 6.45) is 0.755. The van der Waals surface area contributed by atoms with E-state index in [0.29, 0.717) is 37.7 Å². The number of nitrogens with zero attached hydrogens (tertiary/aromatic N) is 1. The minimum absolute atomic E-state index is 0.0642. The Balaban J connectivity index is 1.83. The number of carbonyl (C=O) groups excluding carboxylic acids is 2. The van der Waals surface area contributed by atoms with Gasteiger partial charge in [-0.2, -0.15) is 0 Å². The van der Waals surface area contributed by atoms with Crippen LogP contribution in [0, 0.1) is 5.92 Å². The first-order valence-electron chi connectivity index (χ1n) is 7.68. The fourth-order valence-electron chi connectivity index (χ4n) is 2.92. The Morgan fingerprint density at radius 3 is 2.87 bits per heavy atom. The van der Waals surface area contributed by atoms with E-state index in [1.807, 2.05) is 11.8 Å². The van der Waals surface area contributed by atoms with Crippen molar-refractivity contribution < 1.29 is 24.3 Å². The lowest BCUT2D eigenvalue weighted by Crippen LogP contribution is -2.43. The van der Waals surface area contributed by atoms with Gasteiger partial charge in [0.05, 0.1) is 18.6 Å². The van der Waals surface area contributed by atoms with E-state index in [2.05, 4.69) is 0 Å². The number of fused-ring (bicyclic) bond motifs is 1.